The van der Waals surface area contributed by atoms with Crippen LogP contribution in [0.2, 0.25) is 0 Å². The molecular formula is C12H10FN5S. The van der Waals surface area contributed by atoms with Crippen LogP contribution in [0.1, 0.15) is 5.56 Å². The summed E-state index contributed by atoms with van der Waals surface area (Å²) >= 11 is 1.42. The van der Waals surface area contributed by atoms with Gasteiger partial charge in [-0.05, 0) is 11.6 Å². The fourth-order valence-electron chi connectivity index (χ4n) is 1.70. The zero-order chi connectivity index (χ0) is 13.2. The van der Waals surface area contributed by atoms with E-state index in [-0.39, 0.29) is 5.82 Å². The van der Waals surface area contributed by atoms with Crippen molar-refractivity contribution in [1.29, 1.82) is 0 Å². The Morgan fingerprint density at radius 1 is 1.26 bits per heavy atom. The van der Waals surface area contributed by atoms with E-state index in [1.165, 1.54) is 24.2 Å². The number of thioether (sulfide) groups is 1. The number of hydrogen-bond acceptors (Lipinski definition) is 5. The van der Waals surface area contributed by atoms with Gasteiger partial charge in [-0.2, -0.15) is 0 Å². The van der Waals surface area contributed by atoms with E-state index in [1.807, 2.05) is 6.07 Å². The number of halogens is 1. The molecule has 19 heavy (non-hydrogen) atoms. The SMILES string of the molecule is Cn1nnc2c(SCc3ccccc3F)ncnc21. The molecule has 0 aliphatic heterocycles. The lowest BCUT2D eigenvalue weighted by atomic mass is 10.2. The minimum atomic E-state index is -0.209. The van der Waals surface area contributed by atoms with Crippen LogP contribution in [0.4, 0.5) is 4.39 Å². The Bertz CT molecular complexity index is 727. The minimum Gasteiger partial charge on any atom is -0.230 e. The predicted octanol–water partition coefficient (Wildman–Crippen LogP) is 2.19. The van der Waals surface area contributed by atoms with Crippen LogP contribution in [0.5, 0.6) is 0 Å². The second kappa shape index (κ2) is 4.93. The summed E-state index contributed by atoms with van der Waals surface area (Å²) in [7, 11) is 1.77. The molecule has 0 radical (unpaired) electrons. The second-order valence-corrected chi connectivity index (χ2v) is 4.91. The van der Waals surface area contributed by atoms with Crippen LogP contribution in [0.25, 0.3) is 11.2 Å². The summed E-state index contributed by atoms with van der Waals surface area (Å²) in [4.78, 5) is 8.29. The summed E-state index contributed by atoms with van der Waals surface area (Å²) in [6.07, 6.45) is 1.47. The Hall–Kier alpha value is -2.02. The van der Waals surface area contributed by atoms with Gasteiger partial charge in [0, 0.05) is 12.8 Å². The fourth-order valence-corrected chi connectivity index (χ4v) is 2.62. The molecule has 0 unspecified atom stereocenters. The van der Waals surface area contributed by atoms with Gasteiger partial charge in [0.15, 0.2) is 11.2 Å². The van der Waals surface area contributed by atoms with Crippen LogP contribution in [0.15, 0.2) is 35.6 Å². The van der Waals surface area contributed by atoms with E-state index in [1.54, 1.807) is 23.9 Å². The molecule has 0 aliphatic rings. The van der Waals surface area contributed by atoms with E-state index in [2.05, 4.69) is 20.3 Å². The highest BCUT2D eigenvalue weighted by Crippen LogP contribution is 2.26. The maximum Gasteiger partial charge on any atom is 0.182 e. The summed E-state index contributed by atoms with van der Waals surface area (Å²) in [6.45, 7) is 0. The second-order valence-electron chi connectivity index (χ2n) is 3.94. The Morgan fingerprint density at radius 3 is 2.95 bits per heavy atom. The summed E-state index contributed by atoms with van der Waals surface area (Å²) in [5.41, 5.74) is 1.96. The van der Waals surface area contributed by atoms with Crippen LogP contribution in [0.3, 0.4) is 0 Å². The van der Waals surface area contributed by atoms with Gasteiger partial charge < -0.3 is 0 Å². The monoisotopic (exact) mass is 275 g/mol. The third-order valence-corrected chi connectivity index (χ3v) is 3.70. The van der Waals surface area contributed by atoms with Crippen LogP contribution >= 0.6 is 11.8 Å². The van der Waals surface area contributed by atoms with E-state index in [0.717, 1.165) is 0 Å². The lowest BCUT2D eigenvalue weighted by Crippen LogP contribution is -1.93. The average Bonchev–Trinajstić information content (AvgIpc) is 2.81. The highest BCUT2D eigenvalue weighted by molar-refractivity contribution is 7.98. The van der Waals surface area contributed by atoms with Crippen molar-refractivity contribution in [2.24, 2.45) is 7.05 Å². The van der Waals surface area contributed by atoms with Crippen molar-refractivity contribution in [1.82, 2.24) is 25.0 Å². The molecule has 2 aromatic heterocycles. The van der Waals surface area contributed by atoms with Crippen LogP contribution in [-0.4, -0.2) is 25.0 Å². The Kier molecular flexibility index (Phi) is 3.12. The van der Waals surface area contributed by atoms with Crippen molar-refractivity contribution in [2.45, 2.75) is 10.8 Å². The first kappa shape index (κ1) is 12.0. The summed E-state index contributed by atoms with van der Waals surface area (Å²) < 4.78 is 15.1. The van der Waals surface area contributed by atoms with Gasteiger partial charge in [-0.3, -0.25) is 0 Å². The molecule has 5 nitrogen and oxygen atoms in total. The molecule has 0 N–H and O–H groups in total. The van der Waals surface area contributed by atoms with Crippen LogP contribution in [-0.2, 0) is 12.8 Å². The zero-order valence-corrected chi connectivity index (χ0v) is 10.9. The summed E-state index contributed by atoms with van der Waals surface area (Å²) in [6, 6.07) is 6.71. The topological polar surface area (TPSA) is 56.5 Å². The summed E-state index contributed by atoms with van der Waals surface area (Å²) in [5.74, 6) is 0.287. The molecule has 0 bridgehead atoms. The van der Waals surface area contributed by atoms with Gasteiger partial charge in [-0.15, -0.1) is 5.10 Å². The smallest absolute Gasteiger partial charge is 0.182 e. The van der Waals surface area contributed by atoms with Crippen molar-refractivity contribution in [3.63, 3.8) is 0 Å². The van der Waals surface area contributed by atoms with Crippen molar-refractivity contribution in [3.8, 4) is 0 Å². The Morgan fingerprint density at radius 2 is 2.11 bits per heavy atom. The zero-order valence-electron chi connectivity index (χ0n) is 10.1. The number of benzene rings is 1. The van der Waals surface area contributed by atoms with E-state index in [4.69, 9.17) is 0 Å². The molecule has 1 aromatic carbocycles. The van der Waals surface area contributed by atoms with Crippen molar-refractivity contribution >= 4 is 22.9 Å². The highest BCUT2D eigenvalue weighted by atomic mass is 32.2. The Balaban J connectivity index is 1.88. The summed E-state index contributed by atoms with van der Waals surface area (Å²) in [5, 5.41) is 8.64. The minimum absolute atomic E-state index is 0.209. The first-order valence-corrected chi connectivity index (χ1v) is 6.61. The molecule has 0 fully saturated rings. The third-order valence-electron chi connectivity index (χ3n) is 2.68. The number of fused-ring (bicyclic) bond motifs is 1. The first-order valence-electron chi connectivity index (χ1n) is 5.62. The molecule has 0 saturated carbocycles. The molecule has 3 aromatic rings. The molecule has 0 atom stereocenters. The van der Waals surface area contributed by atoms with Gasteiger partial charge in [0.25, 0.3) is 0 Å². The lowest BCUT2D eigenvalue weighted by molar-refractivity contribution is 0.617. The van der Waals surface area contributed by atoms with Crippen molar-refractivity contribution < 1.29 is 4.39 Å². The molecule has 2 heterocycles. The molecule has 3 rings (SSSR count). The van der Waals surface area contributed by atoms with Gasteiger partial charge >= 0.3 is 0 Å². The van der Waals surface area contributed by atoms with Crippen LogP contribution in [0, 0.1) is 5.82 Å². The average molecular weight is 275 g/mol. The molecule has 0 spiro atoms. The van der Waals surface area contributed by atoms with Gasteiger partial charge in [-0.25, -0.2) is 19.0 Å². The number of rotatable bonds is 3. The molecule has 0 amide bonds. The Labute approximate surface area is 112 Å². The molecule has 0 saturated heterocycles. The van der Waals surface area contributed by atoms with E-state index < -0.39 is 0 Å². The first-order chi connectivity index (χ1) is 9.25. The van der Waals surface area contributed by atoms with E-state index >= 15 is 0 Å². The number of nitrogens with zero attached hydrogens (tertiary/aromatic N) is 5. The highest BCUT2D eigenvalue weighted by Gasteiger charge is 2.11. The van der Waals surface area contributed by atoms with Crippen molar-refractivity contribution in [2.75, 3.05) is 0 Å². The normalized spacial score (nSPS) is 11.1. The van der Waals surface area contributed by atoms with E-state index in [9.17, 15) is 4.39 Å². The van der Waals surface area contributed by atoms with Gasteiger partial charge in [0.1, 0.15) is 17.2 Å². The maximum atomic E-state index is 13.5. The van der Waals surface area contributed by atoms with Gasteiger partial charge in [-0.1, -0.05) is 35.2 Å². The standard InChI is InChI=1S/C12H10FN5S/c1-18-11-10(16-17-18)12(15-7-14-11)19-6-8-4-2-3-5-9(8)13/h2-5,7H,6H2,1H3. The quantitative estimate of drug-likeness (QED) is 0.541. The number of aromatic nitrogens is 5. The number of aryl methyl sites for hydroxylation is 1. The molecular weight excluding hydrogens is 265 g/mol. The van der Waals surface area contributed by atoms with Gasteiger partial charge in [0.2, 0.25) is 0 Å². The molecule has 96 valence electrons. The fraction of sp³-hybridized carbons (Fsp3) is 0.167. The molecule has 7 heteroatoms. The predicted molar refractivity (Wildman–Crippen MR) is 70.1 cm³/mol. The lowest BCUT2D eigenvalue weighted by Gasteiger charge is -2.02. The largest absolute Gasteiger partial charge is 0.230 e. The van der Waals surface area contributed by atoms with Crippen molar-refractivity contribution in [3.05, 3.63) is 42.0 Å². The van der Waals surface area contributed by atoms with Gasteiger partial charge in [0.05, 0.1) is 0 Å². The van der Waals surface area contributed by atoms with E-state index in [0.29, 0.717) is 27.5 Å². The van der Waals surface area contributed by atoms with Crippen LogP contribution < -0.4 is 0 Å². The maximum absolute atomic E-state index is 13.5. The third kappa shape index (κ3) is 2.28. The number of hydrogen-bond donors (Lipinski definition) is 0. The molecule has 0 aliphatic carbocycles.